The quantitative estimate of drug-likeness (QED) is 0.428. The Kier molecular flexibility index (Phi) is 7.21. The lowest BCUT2D eigenvalue weighted by Crippen LogP contribution is -2.27. The van der Waals surface area contributed by atoms with Crippen molar-refractivity contribution in [3.63, 3.8) is 0 Å². The summed E-state index contributed by atoms with van der Waals surface area (Å²) in [4.78, 5) is 27.2. The van der Waals surface area contributed by atoms with Crippen LogP contribution in [0.1, 0.15) is 64.7 Å². The Labute approximate surface area is 138 Å². The number of Topliss-reactive ketones (excluding diaryl/α,β-unsaturated/α-hetero) is 1. The molecular weight excluding hydrogens is 294 g/mol. The van der Waals surface area contributed by atoms with Crippen LogP contribution >= 0.6 is 0 Å². The molecule has 5 nitrogen and oxygen atoms in total. The van der Waals surface area contributed by atoms with Gasteiger partial charge < -0.3 is 9.47 Å². The zero-order valence-electron chi connectivity index (χ0n) is 14.3. The highest BCUT2D eigenvalue weighted by Crippen LogP contribution is 2.27. The van der Waals surface area contributed by atoms with E-state index in [1.807, 2.05) is 0 Å². The molecule has 0 heterocycles. The van der Waals surface area contributed by atoms with E-state index in [4.69, 9.17) is 14.5 Å². The largest absolute Gasteiger partial charge is 0.462 e. The summed E-state index contributed by atoms with van der Waals surface area (Å²) in [5.74, 6) is 0.0587. The lowest BCUT2D eigenvalue weighted by Gasteiger charge is -2.27. The lowest BCUT2D eigenvalue weighted by molar-refractivity contribution is -0.152. The molecule has 0 atom stereocenters. The number of hydrogen-bond donors (Lipinski definition) is 0. The van der Waals surface area contributed by atoms with Gasteiger partial charge in [0.05, 0.1) is 6.10 Å². The maximum atomic E-state index is 11.5. The first-order valence-corrected chi connectivity index (χ1v) is 8.81. The minimum atomic E-state index is -0.389. The second-order valence-electron chi connectivity index (χ2n) is 6.87. The highest BCUT2D eigenvalue weighted by atomic mass is 16.5. The topological polar surface area (TPSA) is 65.0 Å². The highest BCUT2D eigenvalue weighted by Gasteiger charge is 2.24. The van der Waals surface area contributed by atoms with Crippen LogP contribution in [0.5, 0.6) is 0 Å². The molecule has 2 fully saturated rings. The van der Waals surface area contributed by atoms with Gasteiger partial charge in [-0.3, -0.25) is 14.6 Å². The van der Waals surface area contributed by atoms with Crippen molar-refractivity contribution < 1.29 is 19.1 Å². The van der Waals surface area contributed by atoms with E-state index in [1.165, 1.54) is 19.8 Å². The average molecular weight is 323 g/mol. The summed E-state index contributed by atoms with van der Waals surface area (Å²) in [5.41, 5.74) is 0. The second kappa shape index (κ2) is 9.16. The van der Waals surface area contributed by atoms with Crippen molar-refractivity contribution in [2.24, 2.45) is 10.9 Å². The Balaban J connectivity index is 1.65. The molecule has 2 aliphatic carbocycles. The Morgan fingerprint density at radius 2 is 1.61 bits per heavy atom. The van der Waals surface area contributed by atoms with Crippen molar-refractivity contribution in [2.75, 3.05) is 7.11 Å². The van der Waals surface area contributed by atoms with Gasteiger partial charge in [0.2, 0.25) is 0 Å². The molecule has 2 aliphatic rings. The van der Waals surface area contributed by atoms with Crippen LogP contribution in [-0.4, -0.2) is 43.3 Å². The van der Waals surface area contributed by atoms with Gasteiger partial charge in [-0.15, -0.1) is 0 Å². The zero-order chi connectivity index (χ0) is 16.7. The van der Waals surface area contributed by atoms with Gasteiger partial charge in [0, 0.05) is 19.4 Å². The van der Waals surface area contributed by atoms with Crippen molar-refractivity contribution in [3.05, 3.63) is 0 Å². The van der Waals surface area contributed by atoms with Crippen LogP contribution in [-0.2, 0) is 19.1 Å². The Morgan fingerprint density at radius 1 is 1.00 bits per heavy atom. The predicted molar refractivity (Wildman–Crippen MR) is 88.7 cm³/mol. The molecule has 0 aromatic rings. The van der Waals surface area contributed by atoms with Crippen LogP contribution in [0, 0.1) is 5.92 Å². The molecule has 0 unspecified atom stereocenters. The molecule has 2 rings (SSSR count). The van der Waals surface area contributed by atoms with Crippen LogP contribution in [0.4, 0.5) is 0 Å². The fraction of sp³-hybridized carbons (Fsp3) is 0.833. The van der Waals surface area contributed by atoms with Crippen molar-refractivity contribution in [1.82, 2.24) is 0 Å². The summed E-state index contributed by atoms with van der Waals surface area (Å²) in [6.07, 6.45) is 10.7. The van der Waals surface area contributed by atoms with Gasteiger partial charge in [-0.2, -0.15) is 0 Å². The first kappa shape index (κ1) is 18.1. The van der Waals surface area contributed by atoms with Gasteiger partial charge in [0.15, 0.2) is 0 Å². The van der Waals surface area contributed by atoms with E-state index in [0.717, 1.165) is 38.5 Å². The number of ether oxygens (including phenoxy) is 2. The highest BCUT2D eigenvalue weighted by molar-refractivity contribution is 5.94. The van der Waals surface area contributed by atoms with E-state index >= 15 is 0 Å². The summed E-state index contributed by atoms with van der Waals surface area (Å²) in [6, 6.07) is 0.359. The van der Waals surface area contributed by atoms with E-state index in [-0.39, 0.29) is 24.3 Å². The van der Waals surface area contributed by atoms with Gasteiger partial charge >= 0.3 is 5.97 Å². The smallest absolute Gasteiger partial charge is 0.313 e. The summed E-state index contributed by atoms with van der Waals surface area (Å²) in [7, 11) is 1.79. The van der Waals surface area contributed by atoms with Crippen molar-refractivity contribution in [3.8, 4) is 0 Å². The second-order valence-corrected chi connectivity index (χ2v) is 6.87. The molecule has 0 radical (unpaired) electrons. The van der Waals surface area contributed by atoms with Crippen molar-refractivity contribution in [1.29, 1.82) is 0 Å². The normalized spacial score (nSPS) is 31.9. The van der Waals surface area contributed by atoms with Crippen molar-refractivity contribution >= 4 is 18.0 Å². The average Bonchev–Trinajstić information content (AvgIpc) is 2.54. The Bertz CT molecular complexity index is 419. The third-order valence-electron chi connectivity index (χ3n) is 4.90. The number of ketones is 1. The molecule has 23 heavy (non-hydrogen) atoms. The van der Waals surface area contributed by atoms with Gasteiger partial charge in [0.25, 0.3) is 0 Å². The molecule has 0 aliphatic heterocycles. The number of carbonyl (C=O) groups is 2. The monoisotopic (exact) mass is 323 g/mol. The molecule has 130 valence electrons. The van der Waals surface area contributed by atoms with Gasteiger partial charge in [-0.05, 0) is 64.2 Å². The number of aliphatic imine (C=N–C) groups is 1. The minimum absolute atomic E-state index is 0.0366. The molecule has 0 N–H and O–H groups in total. The van der Waals surface area contributed by atoms with Gasteiger partial charge in [-0.1, -0.05) is 0 Å². The number of nitrogens with zero attached hydrogens (tertiary/aromatic N) is 1. The van der Waals surface area contributed by atoms with Crippen LogP contribution < -0.4 is 0 Å². The summed E-state index contributed by atoms with van der Waals surface area (Å²) in [6.45, 7) is 1.41. The van der Waals surface area contributed by atoms with E-state index in [0.29, 0.717) is 18.1 Å². The van der Waals surface area contributed by atoms with Gasteiger partial charge in [0.1, 0.15) is 18.3 Å². The van der Waals surface area contributed by atoms with E-state index in [2.05, 4.69) is 6.21 Å². The SMILES string of the molecule is COC1CCC(C=NC2CCC(OC(=O)CC(C)=O)CC2)CC1. The first-order valence-electron chi connectivity index (χ1n) is 8.81. The molecule has 0 bridgehead atoms. The lowest BCUT2D eigenvalue weighted by atomic mass is 9.88. The fourth-order valence-corrected chi connectivity index (χ4v) is 3.46. The maximum Gasteiger partial charge on any atom is 0.313 e. The van der Waals surface area contributed by atoms with Gasteiger partial charge in [-0.25, -0.2) is 0 Å². The van der Waals surface area contributed by atoms with Crippen LogP contribution in [0.15, 0.2) is 4.99 Å². The third-order valence-corrected chi connectivity index (χ3v) is 4.90. The predicted octanol–water partition coefficient (Wildman–Crippen LogP) is 3.10. The van der Waals surface area contributed by atoms with Crippen LogP contribution in [0.3, 0.4) is 0 Å². The molecule has 0 aromatic heterocycles. The zero-order valence-corrected chi connectivity index (χ0v) is 14.3. The Hall–Kier alpha value is -1.23. The maximum absolute atomic E-state index is 11.5. The fourth-order valence-electron chi connectivity index (χ4n) is 3.46. The van der Waals surface area contributed by atoms with Crippen molar-refractivity contribution in [2.45, 2.75) is 83.0 Å². The van der Waals surface area contributed by atoms with E-state index in [1.54, 1.807) is 7.11 Å². The van der Waals surface area contributed by atoms with Crippen LogP contribution in [0.25, 0.3) is 0 Å². The molecule has 0 aromatic carbocycles. The molecule has 0 amide bonds. The minimum Gasteiger partial charge on any atom is -0.462 e. The summed E-state index contributed by atoms with van der Waals surface area (Å²) in [5, 5.41) is 0. The Morgan fingerprint density at radius 3 is 2.17 bits per heavy atom. The first-order chi connectivity index (χ1) is 11.1. The van der Waals surface area contributed by atoms with E-state index in [9.17, 15) is 9.59 Å². The number of esters is 1. The number of hydrogen-bond acceptors (Lipinski definition) is 5. The standard InChI is InChI=1S/C18H29NO4/c1-13(20)11-18(21)23-17-9-5-15(6-10-17)19-12-14-3-7-16(22-2)8-4-14/h12,14-17H,3-11H2,1-2H3. The molecule has 5 heteroatoms. The van der Waals surface area contributed by atoms with Crippen LogP contribution in [0.2, 0.25) is 0 Å². The summed E-state index contributed by atoms with van der Waals surface area (Å²) >= 11 is 0. The molecule has 2 saturated carbocycles. The number of rotatable bonds is 6. The third kappa shape index (κ3) is 6.42. The number of methoxy groups -OCH3 is 1. The summed E-state index contributed by atoms with van der Waals surface area (Å²) < 4.78 is 10.7. The molecular formula is C18H29NO4. The molecule has 0 saturated heterocycles. The molecule has 0 spiro atoms. The number of carbonyl (C=O) groups excluding carboxylic acids is 2. The van der Waals surface area contributed by atoms with E-state index < -0.39 is 0 Å².